The zero-order valence-corrected chi connectivity index (χ0v) is 6.62. The Morgan fingerprint density at radius 1 is 1.18 bits per heavy atom. The third-order valence-electron chi connectivity index (χ3n) is 2.63. The first-order chi connectivity index (χ1) is 5.18. The van der Waals surface area contributed by atoms with Crippen molar-refractivity contribution < 1.29 is 9.90 Å². The second-order valence-corrected chi connectivity index (χ2v) is 3.46. The van der Waals surface area contributed by atoms with Crippen LogP contribution in [0.1, 0.15) is 32.1 Å². The second-order valence-electron chi connectivity index (χ2n) is 3.46. The van der Waals surface area contributed by atoms with Crippen LogP contribution in [0.25, 0.3) is 0 Å². The number of carboxylic acid groups (broad SMARTS) is 1. The molecule has 3 N–H and O–H groups in total. The van der Waals surface area contributed by atoms with Crippen LogP contribution in [-0.2, 0) is 0 Å². The van der Waals surface area contributed by atoms with Crippen molar-refractivity contribution in [1.29, 1.82) is 0 Å². The summed E-state index contributed by atoms with van der Waals surface area (Å²) >= 11 is 0. The highest BCUT2D eigenvalue weighted by atomic mass is 16.4. The van der Waals surface area contributed by atoms with Crippen molar-refractivity contribution in [2.75, 3.05) is 0 Å². The molecule has 0 unspecified atom stereocenters. The van der Waals surface area contributed by atoms with Crippen LogP contribution in [0.15, 0.2) is 0 Å². The van der Waals surface area contributed by atoms with Gasteiger partial charge in [-0.2, -0.15) is 0 Å². The fraction of sp³-hybridized carbons (Fsp3) is 0.875. The standard InChI is InChI=1S/C7H12.CH3NO2/c1-2-7-4-3-6(1)5-7;2-1(3)4/h6-7H,1-5H2;2H2,(H,3,4). The van der Waals surface area contributed by atoms with Gasteiger partial charge in [0.1, 0.15) is 0 Å². The summed E-state index contributed by atoms with van der Waals surface area (Å²) in [7, 11) is 0. The minimum absolute atomic E-state index is 1.17. The summed E-state index contributed by atoms with van der Waals surface area (Å²) in [5.74, 6) is 2.34. The number of primary amides is 1. The van der Waals surface area contributed by atoms with Crippen LogP contribution >= 0.6 is 0 Å². The molecule has 0 aromatic heterocycles. The number of amides is 1. The highest BCUT2D eigenvalue weighted by Gasteiger charge is 2.30. The fourth-order valence-electron chi connectivity index (χ4n) is 2.17. The van der Waals surface area contributed by atoms with Crippen molar-refractivity contribution in [2.24, 2.45) is 17.6 Å². The van der Waals surface area contributed by atoms with Crippen LogP contribution < -0.4 is 5.73 Å². The first kappa shape index (κ1) is 8.37. The SMILES string of the molecule is C1CC2CCC1C2.NC(=O)O. The summed E-state index contributed by atoms with van der Waals surface area (Å²) in [6, 6.07) is 0. The van der Waals surface area contributed by atoms with Gasteiger partial charge in [-0.3, -0.25) is 0 Å². The molecule has 0 aromatic carbocycles. The lowest BCUT2D eigenvalue weighted by Gasteiger charge is -2.05. The normalized spacial score (nSPS) is 32.7. The zero-order chi connectivity index (χ0) is 8.27. The molecule has 2 aliphatic rings. The number of nitrogens with two attached hydrogens (primary N) is 1. The zero-order valence-electron chi connectivity index (χ0n) is 6.62. The van der Waals surface area contributed by atoms with Crippen molar-refractivity contribution >= 4 is 6.09 Å². The third kappa shape index (κ3) is 2.78. The smallest absolute Gasteiger partial charge is 0.402 e. The quantitative estimate of drug-likeness (QED) is 0.563. The lowest BCUT2D eigenvalue weighted by molar-refractivity contribution is 0.205. The summed E-state index contributed by atoms with van der Waals surface area (Å²) in [5.41, 5.74) is 4.03. The number of carbonyl (C=O) groups is 1. The highest BCUT2D eigenvalue weighted by Crippen LogP contribution is 2.43. The second kappa shape index (κ2) is 3.60. The number of fused-ring (bicyclic) bond motifs is 2. The molecule has 0 spiro atoms. The molecule has 2 rings (SSSR count). The third-order valence-corrected chi connectivity index (χ3v) is 2.63. The molecule has 11 heavy (non-hydrogen) atoms. The van der Waals surface area contributed by atoms with E-state index in [4.69, 9.17) is 9.90 Å². The lowest BCUT2D eigenvalue weighted by atomic mass is 10.0. The lowest BCUT2D eigenvalue weighted by Crippen LogP contribution is -2.03. The molecular formula is C8H15NO2. The van der Waals surface area contributed by atoms with Crippen molar-refractivity contribution in [2.45, 2.75) is 32.1 Å². The van der Waals surface area contributed by atoms with Gasteiger partial charge in [-0.1, -0.05) is 25.7 Å². The molecule has 0 aliphatic heterocycles. The molecule has 0 aromatic rings. The van der Waals surface area contributed by atoms with Gasteiger partial charge in [0.05, 0.1) is 0 Å². The molecule has 3 nitrogen and oxygen atoms in total. The molecule has 64 valence electrons. The minimum Gasteiger partial charge on any atom is -0.465 e. The summed E-state index contributed by atoms with van der Waals surface area (Å²) in [4.78, 5) is 8.78. The van der Waals surface area contributed by atoms with Crippen molar-refractivity contribution in [1.82, 2.24) is 0 Å². The van der Waals surface area contributed by atoms with Gasteiger partial charge >= 0.3 is 6.09 Å². The maximum atomic E-state index is 8.78. The first-order valence-corrected chi connectivity index (χ1v) is 4.17. The number of hydrogen-bond donors (Lipinski definition) is 2. The van der Waals surface area contributed by atoms with Gasteiger partial charge in [-0.15, -0.1) is 0 Å². The van der Waals surface area contributed by atoms with Crippen LogP contribution in [0.3, 0.4) is 0 Å². The molecule has 1 amide bonds. The molecule has 0 radical (unpaired) electrons. The largest absolute Gasteiger partial charge is 0.465 e. The Morgan fingerprint density at radius 3 is 1.55 bits per heavy atom. The van der Waals surface area contributed by atoms with Gasteiger partial charge < -0.3 is 10.8 Å². The van der Waals surface area contributed by atoms with Crippen LogP contribution in [0.2, 0.25) is 0 Å². The Kier molecular flexibility index (Phi) is 2.74. The van der Waals surface area contributed by atoms with Gasteiger partial charge in [0.2, 0.25) is 0 Å². The Morgan fingerprint density at radius 2 is 1.45 bits per heavy atom. The van der Waals surface area contributed by atoms with E-state index in [0.717, 1.165) is 0 Å². The Labute approximate surface area is 66.6 Å². The maximum absolute atomic E-state index is 8.78. The van der Waals surface area contributed by atoms with E-state index >= 15 is 0 Å². The molecule has 0 saturated heterocycles. The van der Waals surface area contributed by atoms with E-state index in [1.807, 2.05) is 0 Å². The fourth-order valence-corrected chi connectivity index (χ4v) is 2.17. The van der Waals surface area contributed by atoms with E-state index in [1.165, 1.54) is 11.8 Å². The minimum atomic E-state index is -1.33. The molecule has 2 fully saturated rings. The Bertz CT molecular complexity index is 125. The van der Waals surface area contributed by atoms with Gasteiger partial charge in [0.15, 0.2) is 0 Å². The highest BCUT2D eigenvalue weighted by molar-refractivity contribution is 5.61. The van der Waals surface area contributed by atoms with Crippen LogP contribution in [-0.4, -0.2) is 11.2 Å². The van der Waals surface area contributed by atoms with E-state index in [-0.39, 0.29) is 0 Å². The maximum Gasteiger partial charge on any atom is 0.402 e. The van der Waals surface area contributed by atoms with Crippen LogP contribution in [0.4, 0.5) is 4.79 Å². The first-order valence-electron chi connectivity index (χ1n) is 4.17. The Hall–Kier alpha value is -0.730. The van der Waals surface area contributed by atoms with Crippen molar-refractivity contribution in [3.05, 3.63) is 0 Å². The van der Waals surface area contributed by atoms with E-state index in [2.05, 4.69) is 5.73 Å². The van der Waals surface area contributed by atoms with E-state index in [0.29, 0.717) is 0 Å². The van der Waals surface area contributed by atoms with Gasteiger partial charge in [-0.05, 0) is 18.3 Å². The molecular weight excluding hydrogens is 142 g/mol. The number of rotatable bonds is 0. The van der Waals surface area contributed by atoms with Gasteiger partial charge in [-0.25, -0.2) is 4.79 Å². The summed E-state index contributed by atoms with van der Waals surface area (Å²) in [6.45, 7) is 0. The van der Waals surface area contributed by atoms with Crippen molar-refractivity contribution in [3.63, 3.8) is 0 Å². The molecule has 3 heteroatoms. The predicted octanol–water partition coefficient (Wildman–Crippen LogP) is 1.82. The molecule has 2 aliphatic carbocycles. The van der Waals surface area contributed by atoms with E-state index in [9.17, 15) is 0 Å². The Balaban J connectivity index is 0.000000134. The average Bonchev–Trinajstić information content (AvgIpc) is 2.45. The summed E-state index contributed by atoms with van der Waals surface area (Å²) in [6.07, 6.45) is 6.49. The molecule has 2 bridgehead atoms. The molecule has 2 saturated carbocycles. The summed E-state index contributed by atoms with van der Waals surface area (Å²) in [5, 5.41) is 7.19. The molecule has 0 atom stereocenters. The van der Waals surface area contributed by atoms with Gasteiger partial charge in [0, 0.05) is 0 Å². The van der Waals surface area contributed by atoms with Gasteiger partial charge in [0.25, 0.3) is 0 Å². The average molecular weight is 157 g/mol. The predicted molar refractivity (Wildman–Crippen MR) is 42.3 cm³/mol. The van der Waals surface area contributed by atoms with Crippen LogP contribution in [0.5, 0.6) is 0 Å². The van der Waals surface area contributed by atoms with E-state index < -0.39 is 6.09 Å². The number of hydrogen-bond acceptors (Lipinski definition) is 1. The topological polar surface area (TPSA) is 63.3 Å². The van der Waals surface area contributed by atoms with Crippen LogP contribution in [0, 0.1) is 11.8 Å². The summed E-state index contributed by atoms with van der Waals surface area (Å²) < 4.78 is 0. The molecule has 0 heterocycles. The monoisotopic (exact) mass is 157 g/mol. The van der Waals surface area contributed by atoms with E-state index in [1.54, 1.807) is 32.1 Å². The van der Waals surface area contributed by atoms with Crippen molar-refractivity contribution in [3.8, 4) is 0 Å².